The average Bonchev–Trinajstić information content (AvgIpc) is 2.97. The molecule has 1 N–H and O–H groups in total. The van der Waals surface area contributed by atoms with Crippen molar-refractivity contribution in [1.82, 2.24) is 15.2 Å². The monoisotopic (exact) mass is 568 g/mol. The molecular weight excluding hydrogens is 535 g/mol. The molecule has 0 atom stereocenters. The number of halogens is 2. The summed E-state index contributed by atoms with van der Waals surface area (Å²) in [5.74, 6) is 1.42. The van der Waals surface area contributed by atoms with Crippen LogP contribution in [0.25, 0.3) is 10.8 Å². The van der Waals surface area contributed by atoms with Crippen molar-refractivity contribution in [2.75, 3.05) is 82.0 Å². The number of benzene rings is 2. The first-order valence-electron chi connectivity index (χ1n) is 13.5. The lowest BCUT2D eigenvalue weighted by Gasteiger charge is -2.36. The Balaban J connectivity index is 0.00000308. The third kappa shape index (κ3) is 5.74. The minimum absolute atomic E-state index is 0. The molecule has 8 nitrogen and oxygen atoms in total. The van der Waals surface area contributed by atoms with Gasteiger partial charge in [0.1, 0.15) is 24.1 Å². The number of rotatable bonds is 6. The van der Waals surface area contributed by atoms with Crippen LogP contribution in [-0.2, 0) is 17.7 Å². The number of nitrogens with one attached hydrogen (secondary N) is 1. The molecule has 0 aliphatic carbocycles. The molecule has 0 radical (unpaired) electrons. The molecule has 6 rings (SSSR count). The lowest BCUT2D eigenvalue weighted by molar-refractivity contribution is 0.0320. The zero-order chi connectivity index (χ0) is 25.9. The van der Waals surface area contributed by atoms with Gasteiger partial charge in [-0.3, -0.25) is 4.90 Å². The first kappa shape index (κ1) is 27.8. The molecule has 3 aliphatic rings. The summed E-state index contributed by atoms with van der Waals surface area (Å²) in [4.78, 5) is 12.0. The molecule has 0 unspecified atom stereocenters. The summed E-state index contributed by atoms with van der Waals surface area (Å²) in [6, 6.07) is 14.8. The van der Waals surface area contributed by atoms with Gasteiger partial charge in [-0.05, 0) is 23.9 Å². The van der Waals surface area contributed by atoms with E-state index in [1.807, 2.05) is 12.1 Å². The number of nitrogens with zero attached hydrogens (tertiary/aromatic N) is 5. The highest BCUT2D eigenvalue weighted by molar-refractivity contribution is 6.36. The maximum atomic E-state index is 10.3. The van der Waals surface area contributed by atoms with E-state index in [-0.39, 0.29) is 12.4 Å². The highest BCUT2D eigenvalue weighted by Gasteiger charge is 2.30. The lowest BCUT2D eigenvalue weighted by Crippen LogP contribution is -2.45. The van der Waals surface area contributed by atoms with Crippen molar-refractivity contribution < 1.29 is 9.47 Å². The van der Waals surface area contributed by atoms with Gasteiger partial charge in [0, 0.05) is 81.1 Å². The Labute approximate surface area is 240 Å². The fourth-order valence-corrected chi connectivity index (χ4v) is 6.07. The molecule has 2 fully saturated rings. The van der Waals surface area contributed by atoms with Gasteiger partial charge in [-0.1, -0.05) is 35.9 Å². The molecule has 0 amide bonds. The van der Waals surface area contributed by atoms with Gasteiger partial charge in [-0.15, -0.1) is 12.4 Å². The maximum absolute atomic E-state index is 10.3. The van der Waals surface area contributed by atoms with E-state index in [2.05, 4.69) is 50.4 Å². The molecule has 0 saturated carbocycles. The van der Waals surface area contributed by atoms with Crippen LogP contribution in [0.3, 0.4) is 0 Å². The fraction of sp³-hybridized carbons (Fsp3) is 0.448. The number of morpholine rings is 1. The number of anilines is 2. The number of pyridine rings is 1. The van der Waals surface area contributed by atoms with Crippen LogP contribution in [0, 0.1) is 11.3 Å². The molecule has 39 heavy (non-hydrogen) atoms. The third-order valence-electron chi connectivity index (χ3n) is 7.79. The SMILES string of the molecule is Cl.N#Cc1c(OCCN2CCOCC2)nc(N2CCNCC2)c2c1CN(c1cccc3cccc(Cl)c13)CC2. The van der Waals surface area contributed by atoms with Crippen LogP contribution in [0.15, 0.2) is 36.4 Å². The van der Waals surface area contributed by atoms with Gasteiger partial charge in [-0.25, -0.2) is 0 Å². The standard InChI is InChI=1S/C29H33ClN6O2.ClH/c30-25-5-1-3-21-4-2-6-26(27(21)25)36-10-7-22-24(20-36)23(19-31)29(33-28(22)35-11-8-32-9-12-35)38-18-15-34-13-16-37-17-14-34;/h1-6,32H,7-18,20H2;1H. The second-order valence-corrected chi connectivity index (χ2v) is 10.4. The normalized spacial score (nSPS) is 17.8. The number of hydrogen-bond acceptors (Lipinski definition) is 8. The second-order valence-electron chi connectivity index (χ2n) is 10.0. The predicted molar refractivity (Wildman–Crippen MR) is 158 cm³/mol. The minimum atomic E-state index is 0. The van der Waals surface area contributed by atoms with Crippen LogP contribution >= 0.6 is 24.0 Å². The molecule has 10 heteroatoms. The molecule has 4 heterocycles. The molecule has 2 saturated heterocycles. The molecular formula is C29H34Cl2N6O2. The Kier molecular flexibility index (Phi) is 8.96. The summed E-state index contributed by atoms with van der Waals surface area (Å²) in [6.45, 7) is 9.66. The van der Waals surface area contributed by atoms with Crippen LogP contribution in [0.5, 0.6) is 5.88 Å². The largest absolute Gasteiger partial charge is 0.475 e. The Bertz CT molecular complexity index is 1350. The average molecular weight is 570 g/mol. The van der Waals surface area contributed by atoms with Crippen LogP contribution in [0.4, 0.5) is 11.5 Å². The number of piperazine rings is 1. The molecule has 1 aromatic heterocycles. The molecule has 0 bridgehead atoms. The van der Waals surface area contributed by atoms with E-state index in [0.717, 1.165) is 105 Å². The first-order valence-corrected chi connectivity index (χ1v) is 13.9. The van der Waals surface area contributed by atoms with E-state index >= 15 is 0 Å². The van der Waals surface area contributed by atoms with Gasteiger partial charge in [0.05, 0.1) is 18.2 Å². The van der Waals surface area contributed by atoms with Crippen molar-refractivity contribution in [2.45, 2.75) is 13.0 Å². The van der Waals surface area contributed by atoms with E-state index in [0.29, 0.717) is 24.6 Å². The number of fused-ring (bicyclic) bond motifs is 2. The topological polar surface area (TPSA) is 76.9 Å². The van der Waals surface area contributed by atoms with E-state index in [4.69, 9.17) is 26.1 Å². The summed E-state index contributed by atoms with van der Waals surface area (Å²) in [5.41, 5.74) is 3.84. The van der Waals surface area contributed by atoms with Crippen LogP contribution in [-0.4, -0.2) is 82.1 Å². The van der Waals surface area contributed by atoms with E-state index in [9.17, 15) is 5.26 Å². The Morgan fingerprint density at radius 2 is 1.77 bits per heavy atom. The fourth-order valence-electron chi connectivity index (χ4n) is 5.79. The number of aromatic nitrogens is 1. The van der Waals surface area contributed by atoms with Crippen molar-refractivity contribution in [1.29, 1.82) is 5.26 Å². The molecule has 3 aromatic rings. The van der Waals surface area contributed by atoms with Gasteiger partial charge < -0.3 is 24.6 Å². The second kappa shape index (κ2) is 12.6. The van der Waals surface area contributed by atoms with Crippen LogP contribution in [0.1, 0.15) is 16.7 Å². The van der Waals surface area contributed by atoms with Crippen LogP contribution in [0.2, 0.25) is 5.02 Å². The summed E-state index contributed by atoms with van der Waals surface area (Å²) >= 11 is 6.68. The van der Waals surface area contributed by atoms with Gasteiger partial charge >= 0.3 is 0 Å². The summed E-state index contributed by atoms with van der Waals surface area (Å²) in [6.07, 6.45) is 0.811. The van der Waals surface area contributed by atoms with E-state index in [1.165, 1.54) is 5.56 Å². The Morgan fingerprint density at radius 1 is 1.00 bits per heavy atom. The highest BCUT2D eigenvalue weighted by atomic mass is 35.5. The lowest BCUT2D eigenvalue weighted by atomic mass is 9.94. The zero-order valence-corrected chi connectivity index (χ0v) is 23.6. The van der Waals surface area contributed by atoms with Crippen molar-refractivity contribution in [3.05, 3.63) is 58.1 Å². The molecule has 2 aromatic carbocycles. The van der Waals surface area contributed by atoms with E-state index < -0.39 is 0 Å². The first-order chi connectivity index (χ1) is 18.7. The van der Waals surface area contributed by atoms with Gasteiger partial charge in [0.15, 0.2) is 0 Å². The van der Waals surface area contributed by atoms with Crippen LogP contribution < -0.4 is 19.9 Å². The van der Waals surface area contributed by atoms with E-state index in [1.54, 1.807) is 0 Å². The van der Waals surface area contributed by atoms with Gasteiger partial charge in [0.2, 0.25) is 5.88 Å². The van der Waals surface area contributed by atoms with Crippen molar-refractivity contribution >= 4 is 46.3 Å². The van der Waals surface area contributed by atoms with Gasteiger partial charge in [-0.2, -0.15) is 10.2 Å². The quantitative estimate of drug-likeness (QED) is 0.480. The summed E-state index contributed by atoms with van der Waals surface area (Å²) in [5, 5.41) is 16.7. The van der Waals surface area contributed by atoms with Crippen molar-refractivity contribution in [3.63, 3.8) is 0 Å². The zero-order valence-electron chi connectivity index (χ0n) is 22.0. The third-order valence-corrected chi connectivity index (χ3v) is 8.10. The minimum Gasteiger partial charge on any atom is -0.475 e. The maximum Gasteiger partial charge on any atom is 0.234 e. The highest BCUT2D eigenvalue weighted by Crippen LogP contribution is 2.39. The number of hydrogen-bond donors (Lipinski definition) is 1. The Hall–Kier alpha value is -2.80. The van der Waals surface area contributed by atoms with Crippen molar-refractivity contribution in [2.24, 2.45) is 0 Å². The summed E-state index contributed by atoms with van der Waals surface area (Å²) in [7, 11) is 0. The summed E-state index contributed by atoms with van der Waals surface area (Å²) < 4.78 is 11.7. The molecule has 0 spiro atoms. The molecule has 206 valence electrons. The van der Waals surface area contributed by atoms with Crippen molar-refractivity contribution in [3.8, 4) is 11.9 Å². The Morgan fingerprint density at radius 3 is 2.54 bits per heavy atom. The smallest absolute Gasteiger partial charge is 0.234 e. The number of ether oxygens (including phenoxy) is 2. The predicted octanol–water partition coefficient (Wildman–Crippen LogP) is 3.86. The molecule has 3 aliphatic heterocycles. The van der Waals surface area contributed by atoms with Gasteiger partial charge in [0.25, 0.3) is 0 Å². The number of nitriles is 1.